The van der Waals surface area contributed by atoms with E-state index in [2.05, 4.69) is 26.0 Å². The van der Waals surface area contributed by atoms with Crippen LogP contribution in [0.3, 0.4) is 0 Å². The molecule has 1 N–H and O–H groups in total. The number of fused-ring (bicyclic) bond motifs is 1. The molecule has 0 saturated heterocycles. The molecule has 0 saturated carbocycles. The first kappa shape index (κ1) is 9.06. The van der Waals surface area contributed by atoms with E-state index in [-0.39, 0.29) is 0 Å². The van der Waals surface area contributed by atoms with E-state index < -0.39 is 6.09 Å². The summed E-state index contributed by atoms with van der Waals surface area (Å²) in [5.41, 5.74) is 4.76. The molecule has 1 aliphatic heterocycles. The van der Waals surface area contributed by atoms with Crippen molar-refractivity contribution >= 4 is 6.09 Å². The fourth-order valence-electron chi connectivity index (χ4n) is 1.83. The molecule has 0 spiro atoms. The van der Waals surface area contributed by atoms with Crippen molar-refractivity contribution in [2.75, 3.05) is 0 Å². The second-order valence-corrected chi connectivity index (χ2v) is 3.84. The lowest BCUT2D eigenvalue weighted by Gasteiger charge is -2.08. The minimum Gasteiger partial charge on any atom is -0.465 e. The van der Waals surface area contributed by atoms with Gasteiger partial charge in [0.25, 0.3) is 0 Å². The summed E-state index contributed by atoms with van der Waals surface area (Å²) in [5, 5.41) is 8.85. The van der Waals surface area contributed by atoms with Gasteiger partial charge in [0.05, 0.1) is 0 Å². The molecule has 0 atom stereocenters. The molecule has 1 aromatic rings. The lowest BCUT2D eigenvalue weighted by molar-refractivity contribution is 0.145. The maximum atomic E-state index is 10.8. The first-order valence-corrected chi connectivity index (χ1v) is 4.65. The number of benzene rings is 1. The van der Waals surface area contributed by atoms with Crippen molar-refractivity contribution in [2.24, 2.45) is 0 Å². The standard InChI is InChI=1S/C11H13NO2/c1-7-3-9-5-12(11(13)14)6-10(9)4-8(7)2/h3-4H,5-6H2,1-2H3,(H,13,14). The van der Waals surface area contributed by atoms with Crippen molar-refractivity contribution in [3.8, 4) is 0 Å². The Morgan fingerprint density at radius 3 is 2.00 bits per heavy atom. The first-order chi connectivity index (χ1) is 6.58. The van der Waals surface area contributed by atoms with Crippen molar-refractivity contribution < 1.29 is 9.90 Å². The Bertz CT molecular complexity index is 368. The van der Waals surface area contributed by atoms with Gasteiger partial charge in [-0.1, -0.05) is 12.1 Å². The molecule has 0 bridgehead atoms. The van der Waals surface area contributed by atoms with Gasteiger partial charge in [0.15, 0.2) is 0 Å². The van der Waals surface area contributed by atoms with E-state index in [9.17, 15) is 4.79 Å². The lowest BCUT2D eigenvalue weighted by Crippen LogP contribution is -2.22. The molecule has 1 heterocycles. The number of amides is 1. The van der Waals surface area contributed by atoms with Gasteiger partial charge < -0.3 is 5.11 Å². The fraction of sp³-hybridized carbons (Fsp3) is 0.364. The highest BCUT2D eigenvalue weighted by Crippen LogP contribution is 2.25. The summed E-state index contributed by atoms with van der Waals surface area (Å²) in [6.45, 7) is 5.18. The Hall–Kier alpha value is -1.51. The van der Waals surface area contributed by atoms with E-state index in [1.54, 1.807) is 0 Å². The Morgan fingerprint density at radius 1 is 1.21 bits per heavy atom. The van der Waals surface area contributed by atoms with E-state index in [0.717, 1.165) is 11.1 Å². The number of carbonyl (C=O) groups is 1. The van der Waals surface area contributed by atoms with E-state index in [1.807, 2.05) is 0 Å². The number of hydrogen-bond acceptors (Lipinski definition) is 1. The zero-order valence-corrected chi connectivity index (χ0v) is 8.37. The van der Waals surface area contributed by atoms with Gasteiger partial charge in [-0.05, 0) is 36.1 Å². The molecule has 1 aliphatic rings. The van der Waals surface area contributed by atoms with Crippen LogP contribution in [0.4, 0.5) is 4.79 Å². The molecule has 1 aromatic carbocycles. The van der Waals surface area contributed by atoms with Gasteiger partial charge in [-0.15, -0.1) is 0 Å². The summed E-state index contributed by atoms with van der Waals surface area (Å²) in [4.78, 5) is 12.2. The van der Waals surface area contributed by atoms with Crippen LogP contribution in [0, 0.1) is 13.8 Å². The average Bonchev–Trinajstić information content (AvgIpc) is 2.48. The smallest absolute Gasteiger partial charge is 0.407 e. The molecule has 3 heteroatoms. The molecule has 0 unspecified atom stereocenters. The van der Waals surface area contributed by atoms with Gasteiger partial charge in [-0.3, -0.25) is 4.90 Å². The highest BCUT2D eigenvalue weighted by Gasteiger charge is 2.22. The maximum absolute atomic E-state index is 10.8. The largest absolute Gasteiger partial charge is 0.465 e. The van der Waals surface area contributed by atoms with Crippen LogP contribution in [-0.4, -0.2) is 16.1 Å². The van der Waals surface area contributed by atoms with Crippen molar-refractivity contribution in [3.05, 3.63) is 34.4 Å². The molecule has 2 rings (SSSR count). The first-order valence-electron chi connectivity index (χ1n) is 4.65. The van der Waals surface area contributed by atoms with Gasteiger partial charge >= 0.3 is 6.09 Å². The fourth-order valence-corrected chi connectivity index (χ4v) is 1.83. The molecular weight excluding hydrogens is 178 g/mol. The lowest BCUT2D eigenvalue weighted by atomic mass is 10.0. The third-order valence-electron chi connectivity index (χ3n) is 2.81. The maximum Gasteiger partial charge on any atom is 0.407 e. The predicted molar refractivity (Wildman–Crippen MR) is 53.2 cm³/mol. The van der Waals surface area contributed by atoms with Gasteiger partial charge in [-0.2, -0.15) is 0 Å². The summed E-state index contributed by atoms with van der Waals surface area (Å²) in [6.07, 6.45) is -0.837. The van der Waals surface area contributed by atoms with Gasteiger partial charge in [0, 0.05) is 13.1 Å². The van der Waals surface area contributed by atoms with Crippen molar-refractivity contribution in [3.63, 3.8) is 0 Å². The second kappa shape index (κ2) is 3.01. The van der Waals surface area contributed by atoms with Crippen LogP contribution in [0.25, 0.3) is 0 Å². The molecule has 0 fully saturated rings. The molecule has 74 valence electrons. The average molecular weight is 191 g/mol. The zero-order valence-electron chi connectivity index (χ0n) is 8.37. The van der Waals surface area contributed by atoms with E-state index in [0.29, 0.717) is 13.1 Å². The Labute approximate surface area is 83.0 Å². The highest BCUT2D eigenvalue weighted by molar-refractivity contribution is 5.66. The van der Waals surface area contributed by atoms with Crippen LogP contribution in [0.5, 0.6) is 0 Å². The van der Waals surface area contributed by atoms with Gasteiger partial charge in [0.2, 0.25) is 0 Å². The van der Waals surface area contributed by atoms with Crippen LogP contribution in [0.2, 0.25) is 0 Å². The molecular formula is C11H13NO2. The quantitative estimate of drug-likeness (QED) is 0.683. The molecule has 1 amide bonds. The third kappa shape index (κ3) is 1.35. The number of rotatable bonds is 0. The Kier molecular flexibility index (Phi) is 1.95. The number of aryl methyl sites for hydroxylation is 2. The van der Waals surface area contributed by atoms with E-state index in [4.69, 9.17) is 5.11 Å². The molecule has 0 radical (unpaired) electrons. The second-order valence-electron chi connectivity index (χ2n) is 3.84. The van der Waals surface area contributed by atoms with Crippen LogP contribution in [0.1, 0.15) is 22.3 Å². The van der Waals surface area contributed by atoms with Crippen molar-refractivity contribution in [1.82, 2.24) is 4.90 Å². The summed E-state index contributed by atoms with van der Waals surface area (Å²) in [5.74, 6) is 0. The van der Waals surface area contributed by atoms with Crippen LogP contribution in [-0.2, 0) is 13.1 Å². The molecule has 14 heavy (non-hydrogen) atoms. The predicted octanol–water partition coefficient (Wildman–Crippen LogP) is 2.30. The minimum absolute atomic E-state index is 0.534. The number of hydrogen-bond donors (Lipinski definition) is 1. The molecule has 3 nitrogen and oxygen atoms in total. The van der Waals surface area contributed by atoms with Crippen LogP contribution < -0.4 is 0 Å². The summed E-state index contributed by atoms with van der Waals surface area (Å²) in [7, 11) is 0. The van der Waals surface area contributed by atoms with Crippen LogP contribution >= 0.6 is 0 Å². The summed E-state index contributed by atoms with van der Waals surface area (Å²) in [6, 6.07) is 4.18. The third-order valence-corrected chi connectivity index (χ3v) is 2.81. The topological polar surface area (TPSA) is 40.5 Å². The normalized spacial score (nSPS) is 14.3. The van der Waals surface area contributed by atoms with Crippen molar-refractivity contribution in [1.29, 1.82) is 0 Å². The summed E-state index contributed by atoms with van der Waals surface area (Å²) < 4.78 is 0. The van der Waals surface area contributed by atoms with Gasteiger partial charge in [0.1, 0.15) is 0 Å². The van der Waals surface area contributed by atoms with Crippen molar-refractivity contribution in [2.45, 2.75) is 26.9 Å². The Morgan fingerprint density at radius 2 is 1.64 bits per heavy atom. The molecule has 0 aliphatic carbocycles. The van der Waals surface area contributed by atoms with E-state index in [1.165, 1.54) is 16.0 Å². The Balaban J connectivity index is 2.36. The summed E-state index contributed by atoms with van der Waals surface area (Å²) >= 11 is 0. The van der Waals surface area contributed by atoms with Crippen LogP contribution in [0.15, 0.2) is 12.1 Å². The van der Waals surface area contributed by atoms with Gasteiger partial charge in [-0.25, -0.2) is 4.79 Å². The monoisotopic (exact) mass is 191 g/mol. The SMILES string of the molecule is Cc1cc2c(cc1C)CN(C(=O)O)C2. The number of nitrogens with zero attached hydrogens (tertiary/aromatic N) is 1. The molecule has 0 aromatic heterocycles. The van der Waals surface area contributed by atoms with E-state index >= 15 is 0 Å². The highest BCUT2D eigenvalue weighted by atomic mass is 16.4. The zero-order chi connectivity index (χ0) is 10.3. The number of carboxylic acid groups (broad SMARTS) is 1. The minimum atomic E-state index is -0.837.